The Morgan fingerprint density at radius 2 is 1.67 bits per heavy atom. The Hall–Kier alpha value is -1.30. The van der Waals surface area contributed by atoms with Gasteiger partial charge in [-0.25, -0.2) is 4.79 Å². The van der Waals surface area contributed by atoms with E-state index >= 15 is 0 Å². The molecule has 0 aromatic rings. The Kier molecular flexibility index (Phi) is 9.01. The first-order chi connectivity index (χ1) is 9.62. The van der Waals surface area contributed by atoms with E-state index in [0.717, 1.165) is 13.0 Å². The summed E-state index contributed by atoms with van der Waals surface area (Å²) in [6.45, 7) is 8.30. The highest BCUT2D eigenvalue weighted by molar-refractivity contribution is 5.73. The molecule has 0 aliphatic rings. The number of likely N-dealkylation sites (N-methyl/N-ethyl adjacent to an activating group) is 1. The molecule has 6 heteroatoms. The number of amides is 2. The van der Waals surface area contributed by atoms with Crippen LogP contribution in [0, 0.1) is 11.3 Å². The number of hydrogen-bond acceptors (Lipinski definition) is 3. The van der Waals surface area contributed by atoms with Gasteiger partial charge in [-0.3, -0.25) is 4.79 Å². The van der Waals surface area contributed by atoms with E-state index in [4.69, 9.17) is 5.11 Å². The van der Waals surface area contributed by atoms with E-state index in [0.29, 0.717) is 19.5 Å². The van der Waals surface area contributed by atoms with Gasteiger partial charge in [0, 0.05) is 26.1 Å². The molecule has 0 spiro atoms. The summed E-state index contributed by atoms with van der Waals surface area (Å²) in [7, 11) is 3.91. The summed E-state index contributed by atoms with van der Waals surface area (Å²) in [4.78, 5) is 24.3. The van der Waals surface area contributed by atoms with E-state index in [1.165, 1.54) is 0 Å². The number of carbonyl (C=O) groups excluding carboxylic acids is 1. The van der Waals surface area contributed by atoms with Crippen LogP contribution in [0.25, 0.3) is 0 Å². The van der Waals surface area contributed by atoms with Crippen LogP contribution in [0.2, 0.25) is 0 Å². The van der Waals surface area contributed by atoms with Crippen molar-refractivity contribution in [3.63, 3.8) is 0 Å². The van der Waals surface area contributed by atoms with Gasteiger partial charge in [-0.2, -0.15) is 0 Å². The minimum absolute atomic E-state index is 0.0402. The van der Waals surface area contributed by atoms with Crippen LogP contribution in [-0.4, -0.2) is 55.7 Å². The van der Waals surface area contributed by atoms with E-state index < -0.39 is 5.97 Å². The molecule has 0 aliphatic carbocycles. The molecule has 0 heterocycles. The molecule has 0 fully saturated rings. The maximum Gasteiger partial charge on any atom is 0.314 e. The topological polar surface area (TPSA) is 81.7 Å². The quantitative estimate of drug-likeness (QED) is 0.606. The number of aliphatic carboxylic acids is 1. The molecule has 0 aromatic heterocycles. The van der Waals surface area contributed by atoms with E-state index in [1.54, 1.807) is 0 Å². The minimum Gasteiger partial charge on any atom is -0.481 e. The van der Waals surface area contributed by atoms with Gasteiger partial charge in [0.15, 0.2) is 0 Å². The number of carbonyl (C=O) groups is 2. The summed E-state index contributed by atoms with van der Waals surface area (Å²) in [6.07, 6.45) is 1.61. The molecular weight excluding hydrogens is 270 g/mol. The first kappa shape index (κ1) is 19.7. The zero-order valence-electron chi connectivity index (χ0n) is 14.0. The molecule has 2 amide bonds. The predicted molar refractivity (Wildman–Crippen MR) is 84.4 cm³/mol. The largest absolute Gasteiger partial charge is 0.481 e. The van der Waals surface area contributed by atoms with Gasteiger partial charge in [-0.1, -0.05) is 20.8 Å². The van der Waals surface area contributed by atoms with Crippen molar-refractivity contribution in [2.75, 3.05) is 33.7 Å². The highest BCUT2D eigenvalue weighted by Gasteiger charge is 2.24. The van der Waals surface area contributed by atoms with Crippen LogP contribution in [0.3, 0.4) is 0 Å². The fourth-order valence-corrected chi connectivity index (χ4v) is 2.12. The molecule has 0 aromatic carbocycles. The second kappa shape index (κ2) is 9.60. The first-order valence-corrected chi connectivity index (χ1v) is 7.51. The van der Waals surface area contributed by atoms with Crippen LogP contribution in [0.1, 0.15) is 40.0 Å². The Morgan fingerprint density at radius 3 is 2.14 bits per heavy atom. The second-order valence-electron chi connectivity index (χ2n) is 6.77. The van der Waals surface area contributed by atoms with E-state index in [-0.39, 0.29) is 23.8 Å². The molecule has 0 saturated carbocycles. The lowest BCUT2D eigenvalue weighted by molar-refractivity contribution is -0.137. The van der Waals surface area contributed by atoms with Gasteiger partial charge in [-0.15, -0.1) is 0 Å². The lowest BCUT2D eigenvalue weighted by atomic mass is 9.76. The molecule has 6 nitrogen and oxygen atoms in total. The Balaban J connectivity index is 4.02. The van der Waals surface area contributed by atoms with Crippen LogP contribution in [-0.2, 0) is 4.79 Å². The van der Waals surface area contributed by atoms with Crippen molar-refractivity contribution in [2.24, 2.45) is 11.3 Å². The average molecular weight is 301 g/mol. The van der Waals surface area contributed by atoms with Crippen molar-refractivity contribution in [1.29, 1.82) is 0 Å². The predicted octanol–water partition coefficient (Wildman–Crippen LogP) is 1.76. The molecule has 21 heavy (non-hydrogen) atoms. The molecule has 0 aliphatic heterocycles. The first-order valence-electron chi connectivity index (χ1n) is 7.51. The summed E-state index contributed by atoms with van der Waals surface area (Å²) in [6, 6.07) is -0.164. The smallest absolute Gasteiger partial charge is 0.314 e. The van der Waals surface area contributed by atoms with E-state index in [1.807, 2.05) is 19.0 Å². The van der Waals surface area contributed by atoms with Crippen LogP contribution in [0.4, 0.5) is 4.79 Å². The van der Waals surface area contributed by atoms with Crippen LogP contribution in [0.15, 0.2) is 0 Å². The zero-order valence-corrected chi connectivity index (χ0v) is 14.0. The summed E-state index contributed by atoms with van der Waals surface area (Å²) < 4.78 is 0. The van der Waals surface area contributed by atoms with Crippen molar-refractivity contribution in [3.8, 4) is 0 Å². The molecule has 0 bridgehead atoms. The fraction of sp³-hybridized carbons (Fsp3) is 0.867. The molecule has 1 atom stereocenters. The van der Waals surface area contributed by atoms with E-state index in [2.05, 4.69) is 31.4 Å². The number of nitrogens with one attached hydrogen (secondary N) is 2. The van der Waals surface area contributed by atoms with Gasteiger partial charge >= 0.3 is 12.0 Å². The van der Waals surface area contributed by atoms with Gasteiger partial charge < -0.3 is 20.6 Å². The van der Waals surface area contributed by atoms with Crippen LogP contribution >= 0.6 is 0 Å². The molecule has 1 unspecified atom stereocenters. The maximum atomic E-state index is 11.6. The number of rotatable bonds is 9. The number of carboxylic acid groups (broad SMARTS) is 1. The summed E-state index contributed by atoms with van der Waals surface area (Å²) in [5.74, 6) is -0.491. The SMILES string of the molecule is CN(C)CCNC(=O)NCCC(CCC(=O)O)C(C)(C)C. The highest BCUT2D eigenvalue weighted by Crippen LogP contribution is 2.32. The fourth-order valence-electron chi connectivity index (χ4n) is 2.12. The third-order valence-electron chi connectivity index (χ3n) is 3.55. The zero-order chi connectivity index (χ0) is 16.5. The number of hydrogen-bond donors (Lipinski definition) is 3. The molecule has 3 N–H and O–H groups in total. The molecular formula is C15H31N3O3. The van der Waals surface area contributed by atoms with Crippen molar-refractivity contribution >= 4 is 12.0 Å². The second-order valence-corrected chi connectivity index (χ2v) is 6.77. The molecule has 0 radical (unpaired) electrons. The normalized spacial score (nSPS) is 13.0. The molecule has 0 rings (SSSR count). The van der Waals surface area contributed by atoms with Crippen molar-refractivity contribution in [2.45, 2.75) is 40.0 Å². The summed E-state index contributed by atoms with van der Waals surface area (Å²) in [5, 5.41) is 14.4. The third-order valence-corrected chi connectivity index (χ3v) is 3.55. The maximum absolute atomic E-state index is 11.6. The van der Waals surface area contributed by atoms with Gasteiger partial charge in [-0.05, 0) is 38.3 Å². The molecule has 0 saturated heterocycles. The van der Waals surface area contributed by atoms with Gasteiger partial charge in [0.05, 0.1) is 0 Å². The van der Waals surface area contributed by atoms with Gasteiger partial charge in [0.2, 0.25) is 0 Å². The van der Waals surface area contributed by atoms with Gasteiger partial charge in [0.25, 0.3) is 0 Å². The highest BCUT2D eigenvalue weighted by atomic mass is 16.4. The van der Waals surface area contributed by atoms with Crippen molar-refractivity contribution in [3.05, 3.63) is 0 Å². The standard InChI is InChI=1S/C15H31N3O3/c1-15(2,3)12(6-7-13(19)20)8-9-16-14(21)17-10-11-18(4)5/h12H,6-11H2,1-5H3,(H,19,20)(H2,16,17,21). The lowest BCUT2D eigenvalue weighted by Crippen LogP contribution is -2.40. The average Bonchev–Trinajstić information content (AvgIpc) is 2.31. The summed E-state index contributed by atoms with van der Waals surface area (Å²) >= 11 is 0. The Bertz CT molecular complexity index is 325. The Morgan fingerprint density at radius 1 is 1.10 bits per heavy atom. The third kappa shape index (κ3) is 11.1. The van der Waals surface area contributed by atoms with Crippen LogP contribution < -0.4 is 10.6 Å². The van der Waals surface area contributed by atoms with Crippen molar-refractivity contribution < 1.29 is 14.7 Å². The molecule has 124 valence electrons. The monoisotopic (exact) mass is 301 g/mol. The summed E-state index contributed by atoms with van der Waals surface area (Å²) in [5.41, 5.74) is 0.0402. The lowest BCUT2D eigenvalue weighted by Gasteiger charge is -2.30. The van der Waals surface area contributed by atoms with E-state index in [9.17, 15) is 9.59 Å². The van der Waals surface area contributed by atoms with Gasteiger partial charge in [0.1, 0.15) is 0 Å². The Labute approximate surface area is 128 Å². The number of nitrogens with zero attached hydrogens (tertiary/aromatic N) is 1. The number of urea groups is 1. The van der Waals surface area contributed by atoms with Crippen molar-refractivity contribution in [1.82, 2.24) is 15.5 Å². The minimum atomic E-state index is -0.765. The van der Waals surface area contributed by atoms with Crippen LogP contribution in [0.5, 0.6) is 0 Å². The number of carboxylic acids is 1.